The fourth-order valence-electron chi connectivity index (χ4n) is 2.47. The molecule has 0 bridgehead atoms. The van der Waals surface area contributed by atoms with Gasteiger partial charge in [-0.15, -0.1) is 0 Å². The Labute approximate surface area is 107 Å². The molecule has 4 nitrogen and oxygen atoms in total. The minimum absolute atomic E-state index is 0.0129. The molecule has 0 spiro atoms. The Kier molecular flexibility index (Phi) is 4.20. The van der Waals surface area contributed by atoms with Crippen molar-refractivity contribution in [3.05, 3.63) is 29.8 Å². The average molecular weight is 249 g/mol. The van der Waals surface area contributed by atoms with Gasteiger partial charge < -0.3 is 9.84 Å². The molecule has 0 aliphatic carbocycles. The predicted molar refractivity (Wildman–Crippen MR) is 68.1 cm³/mol. The molecule has 18 heavy (non-hydrogen) atoms. The van der Waals surface area contributed by atoms with Crippen LogP contribution in [0.25, 0.3) is 0 Å². The van der Waals surface area contributed by atoms with Crippen LogP contribution in [0.15, 0.2) is 24.3 Å². The largest absolute Gasteiger partial charge is 0.508 e. The maximum absolute atomic E-state index is 11.5. The maximum Gasteiger partial charge on any atom is 0.309 e. The van der Waals surface area contributed by atoms with Crippen molar-refractivity contribution < 1.29 is 14.6 Å². The second-order valence-electron chi connectivity index (χ2n) is 4.77. The molecule has 1 atom stereocenters. The molecule has 0 amide bonds. The number of nitrogens with zero attached hydrogens (tertiary/aromatic N) is 1. The summed E-state index contributed by atoms with van der Waals surface area (Å²) in [6.07, 6.45) is 1.92. The van der Waals surface area contributed by atoms with Crippen LogP contribution in [-0.2, 0) is 16.1 Å². The lowest BCUT2D eigenvalue weighted by atomic mass is 9.98. The van der Waals surface area contributed by atoms with E-state index in [1.54, 1.807) is 12.1 Å². The summed E-state index contributed by atoms with van der Waals surface area (Å²) < 4.78 is 4.80. The topological polar surface area (TPSA) is 49.8 Å². The van der Waals surface area contributed by atoms with E-state index in [0.717, 1.165) is 38.0 Å². The lowest BCUT2D eigenvalue weighted by molar-refractivity contribution is -0.147. The summed E-state index contributed by atoms with van der Waals surface area (Å²) in [5, 5.41) is 9.43. The van der Waals surface area contributed by atoms with Crippen LogP contribution in [0.1, 0.15) is 18.4 Å². The van der Waals surface area contributed by atoms with Gasteiger partial charge >= 0.3 is 5.97 Å². The Bertz CT molecular complexity index is 419. The van der Waals surface area contributed by atoms with Gasteiger partial charge in [-0.3, -0.25) is 9.69 Å². The van der Waals surface area contributed by atoms with Crippen molar-refractivity contribution in [2.45, 2.75) is 19.4 Å². The van der Waals surface area contributed by atoms with Gasteiger partial charge in [0.1, 0.15) is 5.75 Å². The number of phenols is 1. The molecule has 1 aromatic carbocycles. The Morgan fingerprint density at radius 3 is 3.11 bits per heavy atom. The minimum Gasteiger partial charge on any atom is -0.508 e. The van der Waals surface area contributed by atoms with E-state index in [-0.39, 0.29) is 17.6 Å². The van der Waals surface area contributed by atoms with Gasteiger partial charge in [0.05, 0.1) is 13.0 Å². The molecule has 0 saturated carbocycles. The number of carbonyl (C=O) groups is 1. The lowest BCUT2D eigenvalue weighted by Gasteiger charge is -2.31. The molecule has 1 heterocycles. The molecule has 1 N–H and O–H groups in total. The van der Waals surface area contributed by atoms with Crippen LogP contribution in [0.3, 0.4) is 0 Å². The Morgan fingerprint density at radius 2 is 2.39 bits per heavy atom. The molecule has 4 heteroatoms. The molecule has 2 rings (SSSR count). The highest BCUT2D eigenvalue weighted by molar-refractivity contribution is 5.72. The fourth-order valence-corrected chi connectivity index (χ4v) is 2.47. The number of piperidine rings is 1. The van der Waals surface area contributed by atoms with Crippen molar-refractivity contribution in [2.75, 3.05) is 20.2 Å². The smallest absolute Gasteiger partial charge is 0.309 e. The SMILES string of the molecule is COC(=O)[C@H]1CCCN(Cc2cccc(O)c2)C1. The molecule has 1 saturated heterocycles. The summed E-state index contributed by atoms with van der Waals surface area (Å²) in [5.41, 5.74) is 1.07. The normalized spacial score (nSPS) is 20.6. The van der Waals surface area contributed by atoms with Gasteiger partial charge in [-0.2, -0.15) is 0 Å². The van der Waals surface area contributed by atoms with Gasteiger partial charge in [0.2, 0.25) is 0 Å². The second-order valence-corrected chi connectivity index (χ2v) is 4.77. The van der Waals surface area contributed by atoms with Gasteiger partial charge in [-0.05, 0) is 37.1 Å². The molecule has 1 aromatic rings. The van der Waals surface area contributed by atoms with E-state index >= 15 is 0 Å². The zero-order valence-electron chi connectivity index (χ0n) is 10.6. The molecular weight excluding hydrogens is 230 g/mol. The number of aromatic hydroxyl groups is 1. The standard InChI is InChI=1S/C14H19NO3/c1-18-14(17)12-5-3-7-15(10-12)9-11-4-2-6-13(16)8-11/h2,4,6,8,12,16H,3,5,7,9-10H2,1H3/t12-/m0/s1. The van der Waals surface area contributed by atoms with Crippen LogP contribution in [0.4, 0.5) is 0 Å². The third kappa shape index (κ3) is 3.23. The molecule has 0 aromatic heterocycles. The number of hydrogen-bond donors (Lipinski definition) is 1. The van der Waals surface area contributed by atoms with Gasteiger partial charge in [0.15, 0.2) is 0 Å². The molecule has 0 unspecified atom stereocenters. The van der Waals surface area contributed by atoms with Crippen LogP contribution < -0.4 is 0 Å². The van der Waals surface area contributed by atoms with Crippen molar-refractivity contribution in [3.8, 4) is 5.75 Å². The summed E-state index contributed by atoms with van der Waals surface area (Å²) in [5.74, 6) is 0.158. The predicted octanol–water partition coefficient (Wildman–Crippen LogP) is 1.78. The van der Waals surface area contributed by atoms with Crippen LogP contribution in [0, 0.1) is 5.92 Å². The summed E-state index contributed by atoms with van der Waals surface area (Å²) in [6.45, 7) is 2.49. The minimum atomic E-state index is -0.115. The molecule has 1 aliphatic heterocycles. The van der Waals surface area contributed by atoms with Crippen molar-refractivity contribution in [1.29, 1.82) is 0 Å². The highest BCUT2D eigenvalue weighted by Crippen LogP contribution is 2.20. The third-order valence-corrected chi connectivity index (χ3v) is 3.36. The van der Waals surface area contributed by atoms with E-state index in [0.29, 0.717) is 0 Å². The summed E-state index contributed by atoms with van der Waals surface area (Å²) in [4.78, 5) is 13.8. The van der Waals surface area contributed by atoms with Gasteiger partial charge in [0.25, 0.3) is 0 Å². The second kappa shape index (κ2) is 5.87. The number of methoxy groups -OCH3 is 1. The van der Waals surface area contributed by atoms with Crippen LogP contribution in [-0.4, -0.2) is 36.2 Å². The fraction of sp³-hybridized carbons (Fsp3) is 0.500. The number of carbonyl (C=O) groups excluding carboxylic acids is 1. The zero-order chi connectivity index (χ0) is 13.0. The summed E-state index contributed by atoms with van der Waals surface area (Å²) in [7, 11) is 1.44. The van der Waals surface area contributed by atoms with Gasteiger partial charge in [-0.25, -0.2) is 0 Å². The maximum atomic E-state index is 11.5. The first kappa shape index (κ1) is 12.9. The first-order valence-electron chi connectivity index (χ1n) is 6.27. The first-order chi connectivity index (χ1) is 8.69. The van der Waals surface area contributed by atoms with Gasteiger partial charge in [-0.1, -0.05) is 12.1 Å². The van der Waals surface area contributed by atoms with Crippen molar-refractivity contribution in [3.63, 3.8) is 0 Å². The van der Waals surface area contributed by atoms with Crippen LogP contribution >= 0.6 is 0 Å². The Hall–Kier alpha value is -1.55. The monoisotopic (exact) mass is 249 g/mol. The number of likely N-dealkylation sites (tertiary alicyclic amines) is 1. The number of benzene rings is 1. The van der Waals surface area contributed by atoms with Crippen molar-refractivity contribution in [2.24, 2.45) is 5.92 Å². The van der Waals surface area contributed by atoms with Crippen LogP contribution in [0.5, 0.6) is 5.75 Å². The molecule has 1 aliphatic rings. The average Bonchev–Trinajstić information content (AvgIpc) is 2.38. The number of phenolic OH excluding ortho intramolecular Hbond substituents is 1. The molecule has 1 fully saturated rings. The van der Waals surface area contributed by atoms with E-state index < -0.39 is 0 Å². The van der Waals surface area contributed by atoms with Crippen molar-refractivity contribution >= 4 is 5.97 Å². The Balaban J connectivity index is 1.95. The van der Waals surface area contributed by atoms with Crippen molar-refractivity contribution in [1.82, 2.24) is 4.90 Å². The number of esters is 1. The first-order valence-corrected chi connectivity index (χ1v) is 6.27. The molecule has 0 radical (unpaired) electrons. The van der Waals surface area contributed by atoms with E-state index in [2.05, 4.69) is 4.90 Å². The quantitative estimate of drug-likeness (QED) is 0.830. The summed E-state index contributed by atoms with van der Waals surface area (Å²) >= 11 is 0. The van der Waals surface area contributed by atoms with E-state index in [1.807, 2.05) is 12.1 Å². The zero-order valence-corrected chi connectivity index (χ0v) is 10.6. The van der Waals surface area contributed by atoms with Crippen LogP contribution in [0.2, 0.25) is 0 Å². The molecular formula is C14H19NO3. The summed E-state index contributed by atoms with van der Waals surface area (Å²) in [6, 6.07) is 7.26. The van der Waals surface area contributed by atoms with E-state index in [1.165, 1.54) is 7.11 Å². The Morgan fingerprint density at radius 1 is 1.56 bits per heavy atom. The highest BCUT2D eigenvalue weighted by atomic mass is 16.5. The molecule has 98 valence electrons. The van der Waals surface area contributed by atoms with Gasteiger partial charge in [0, 0.05) is 13.1 Å². The number of hydrogen-bond acceptors (Lipinski definition) is 4. The number of rotatable bonds is 3. The van der Waals surface area contributed by atoms with E-state index in [4.69, 9.17) is 4.74 Å². The van der Waals surface area contributed by atoms with E-state index in [9.17, 15) is 9.90 Å². The highest BCUT2D eigenvalue weighted by Gasteiger charge is 2.26. The lowest BCUT2D eigenvalue weighted by Crippen LogP contribution is -2.38. The number of ether oxygens (including phenoxy) is 1. The third-order valence-electron chi connectivity index (χ3n) is 3.36.